The molecule has 2 N–H and O–H groups in total. The zero-order chi connectivity index (χ0) is 10.8. The van der Waals surface area contributed by atoms with Gasteiger partial charge in [-0.3, -0.25) is 4.68 Å². The van der Waals surface area contributed by atoms with Gasteiger partial charge in [-0.25, -0.2) is 4.39 Å². The van der Waals surface area contributed by atoms with Crippen molar-refractivity contribution in [3.8, 4) is 11.1 Å². The molecule has 0 atom stereocenters. The third-order valence-electron chi connectivity index (χ3n) is 2.29. The molecule has 0 amide bonds. The van der Waals surface area contributed by atoms with Gasteiger partial charge in [0.05, 0.1) is 6.20 Å². The Hall–Kier alpha value is -1.68. The van der Waals surface area contributed by atoms with Gasteiger partial charge in [0.1, 0.15) is 5.82 Å². The molecule has 0 aliphatic carbocycles. The van der Waals surface area contributed by atoms with Gasteiger partial charge in [-0.2, -0.15) is 5.10 Å². The Bertz CT molecular complexity index is 476. The van der Waals surface area contributed by atoms with E-state index in [0.717, 1.165) is 11.1 Å². The number of aryl methyl sites for hydroxylation is 1. The quantitative estimate of drug-likeness (QED) is 0.810. The van der Waals surface area contributed by atoms with Crippen LogP contribution in [0.4, 0.5) is 4.39 Å². The van der Waals surface area contributed by atoms with E-state index >= 15 is 0 Å². The van der Waals surface area contributed by atoms with Crippen LogP contribution in [0.1, 0.15) is 5.56 Å². The summed E-state index contributed by atoms with van der Waals surface area (Å²) in [6.07, 6.45) is 3.42. The fourth-order valence-electron chi connectivity index (χ4n) is 1.48. The van der Waals surface area contributed by atoms with E-state index in [9.17, 15) is 4.39 Å². The summed E-state index contributed by atoms with van der Waals surface area (Å²) in [7, 11) is 1.80. The smallest absolute Gasteiger partial charge is 0.131 e. The van der Waals surface area contributed by atoms with Crippen molar-refractivity contribution < 1.29 is 4.39 Å². The first-order valence-corrected chi connectivity index (χ1v) is 4.68. The number of benzene rings is 1. The largest absolute Gasteiger partial charge is 0.326 e. The maximum Gasteiger partial charge on any atom is 0.131 e. The Kier molecular flexibility index (Phi) is 2.51. The molecule has 4 heteroatoms. The zero-order valence-electron chi connectivity index (χ0n) is 8.44. The second-order valence-electron chi connectivity index (χ2n) is 3.42. The molecule has 15 heavy (non-hydrogen) atoms. The number of hydrogen-bond acceptors (Lipinski definition) is 2. The van der Waals surface area contributed by atoms with Gasteiger partial charge in [0, 0.05) is 30.9 Å². The number of nitrogens with zero attached hydrogens (tertiary/aromatic N) is 2. The number of halogens is 1. The molecular formula is C11H12FN3. The number of rotatable bonds is 2. The van der Waals surface area contributed by atoms with Gasteiger partial charge in [0.2, 0.25) is 0 Å². The predicted molar refractivity (Wildman–Crippen MR) is 56.5 cm³/mol. The molecule has 0 aliphatic heterocycles. The van der Waals surface area contributed by atoms with Crippen molar-refractivity contribution in [2.75, 3.05) is 0 Å². The number of hydrogen-bond donors (Lipinski definition) is 1. The molecule has 1 aromatic heterocycles. The molecule has 0 unspecified atom stereocenters. The molecule has 0 spiro atoms. The summed E-state index contributed by atoms with van der Waals surface area (Å²) in [4.78, 5) is 0. The Morgan fingerprint density at radius 2 is 2.27 bits per heavy atom. The van der Waals surface area contributed by atoms with E-state index in [0.29, 0.717) is 12.1 Å². The van der Waals surface area contributed by atoms with Crippen LogP contribution in [-0.2, 0) is 13.6 Å². The van der Waals surface area contributed by atoms with E-state index in [-0.39, 0.29) is 5.82 Å². The summed E-state index contributed by atoms with van der Waals surface area (Å²) < 4.78 is 15.3. The van der Waals surface area contributed by atoms with Crippen LogP contribution in [-0.4, -0.2) is 9.78 Å². The minimum absolute atomic E-state index is 0.258. The lowest BCUT2D eigenvalue weighted by Crippen LogP contribution is -1.97. The maximum absolute atomic E-state index is 13.6. The van der Waals surface area contributed by atoms with Crippen LogP contribution < -0.4 is 5.73 Å². The third-order valence-corrected chi connectivity index (χ3v) is 2.29. The SMILES string of the molecule is Cn1cc(-c2ccc(CN)cc2F)cn1. The molecule has 0 radical (unpaired) electrons. The van der Waals surface area contributed by atoms with Crippen molar-refractivity contribution >= 4 is 0 Å². The highest BCUT2D eigenvalue weighted by Gasteiger charge is 2.07. The van der Waals surface area contributed by atoms with Crippen molar-refractivity contribution in [2.24, 2.45) is 12.8 Å². The summed E-state index contributed by atoms with van der Waals surface area (Å²) in [5.41, 5.74) is 7.55. The second-order valence-corrected chi connectivity index (χ2v) is 3.42. The first-order chi connectivity index (χ1) is 7.20. The molecule has 0 fully saturated rings. The van der Waals surface area contributed by atoms with Crippen molar-refractivity contribution in [2.45, 2.75) is 6.54 Å². The van der Waals surface area contributed by atoms with E-state index in [1.54, 1.807) is 30.2 Å². The Balaban J connectivity index is 2.45. The Morgan fingerprint density at radius 1 is 1.47 bits per heavy atom. The Labute approximate surface area is 87.3 Å². The zero-order valence-corrected chi connectivity index (χ0v) is 8.44. The van der Waals surface area contributed by atoms with Crippen molar-refractivity contribution in [1.82, 2.24) is 9.78 Å². The van der Waals surface area contributed by atoms with Crippen molar-refractivity contribution in [1.29, 1.82) is 0 Å². The number of nitrogens with two attached hydrogens (primary N) is 1. The standard InChI is InChI=1S/C11H12FN3/c1-15-7-9(6-14-15)10-3-2-8(5-13)4-11(10)12/h2-4,6-7H,5,13H2,1H3. The molecule has 2 aromatic rings. The summed E-state index contributed by atoms with van der Waals surface area (Å²) in [6.45, 7) is 0.351. The molecular weight excluding hydrogens is 193 g/mol. The average molecular weight is 205 g/mol. The van der Waals surface area contributed by atoms with Crippen molar-refractivity contribution in [3.05, 3.63) is 42.0 Å². The van der Waals surface area contributed by atoms with Crippen LogP contribution in [0, 0.1) is 5.82 Å². The minimum atomic E-state index is -0.258. The van der Waals surface area contributed by atoms with Gasteiger partial charge >= 0.3 is 0 Å². The van der Waals surface area contributed by atoms with Crippen molar-refractivity contribution in [3.63, 3.8) is 0 Å². The molecule has 78 valence electrons. The summed E-state index contributed by atoms with van der Waals surface area (Å²) >= 11 is 0. The van der Waals surface area contributed by atoms with Gasteiger partial charge in [0.25, 0.3) is 0 Å². The highest BCUT2D eigenvalue weighted by Crippen LogP contribution is 2.22. The fraction of sp³-hybridized carbons (Fsp3) is 0.182. The molecule has 0 aliphatic rings. The first-order valence-electron chi connectivity index (χ1n) is 4.68. The summed E-state index contributed by atoms with van der Waals surface area (Å²) in [5, 5.41) is 4.00. The van der Waals surface area contributed by atoms with Crippen LogP contribution >= 0.6 is 0 Å². The normalized spacial score (nSPS) is 10.6. The molecule has 1 heterocycles. The van der Waals surface area contributed by atoms with Crippen LogP contribution in [0.3, 0.4) is 0 Å². The lowest BCUT2D eigenvalue weighted by molar-refractivity contribution is 0.629. The molecule has 3 nitrogen and oxygen atoms in total. The van der Waals surface area contributed by atoms with Gasteiger partial charge in [0.15, 0.2) is 0 Å². The highest BCUT2D eigenvalue weighted by molar-refractivity contribution is 5.62. The number of aromatic nitrogens is 2. The van der Waals surface area contributed by atoms with E-state index in [4.69, 9.17) is 5.73 Å². The lowest BCUT2D eigenvalue weighted by atomic mass is 10.1. The van der Waals surface area contributed by atoms with Gasteiger partial charge < -0.3 is 5.73 Å². The van der Waals surface area contributed by atoms with Crippen LogP contribution in [0.5, 0.6) is 0 Å². The van der Waals surface area contributed by atoms with Crippen LogP contribution in [0.15, 0.2) is 30.6 Å². The minimum Gasteiger partial charge on any atom is -0.326 e. The van der Waals surface area contributed by atoms with Gasteiger partial charge in [-0.05, 0) is 11.6 Å². The van der Waals surface area contributed by atoms with E-state index in [2.05, 4.69) is 5.10 Å². The molecule has 0 bridgehead atoms. The van der Waals surface area contributed by atoms with E-state index < -0.39 is 0 Å². The summed E-state index contributed by atoms with van der Waals surface area (Å²) in [5.74, 6) is -0.258. The average Bonchev–Trinajstić information content (AvgIpc) is 2.64. The Morgan fingerprint density at radius 3 is 2.80 bits per heavy atom. The molecule has 2 rings (SSSR count). The van der Waals surface area contributed by atoms with Crippen LogP contribution in [0.25, 0.3) is 11.1 Å². The third kappa shape index (κ3) is 1.89. The molecule has 1 aromatic carbocycles. The topological polar surface area (TPSA) is 43.8 Å². The maximum atomic E-state index is 13.6. The van der Waals surface area contributed by atoms with E-state index in [1.165, 1.54) is 6.07 Å². The van der Waals surface area contributed by atoms with E-state index in [1.807, 2.05) is 6.07 Å². The highest BCUT2D eigenvalue weighted by atomic mass is 19.1. The van der Waals surface area contributed by atoms with Gasteiger partial charge in [-0.1, -0.05) is 12.1 Å². The second kappa shape index (κ2) is 3.82. The predicted octanol–water partition coefficient (Wildman–Crippen LogP) is 1.68. The fourth-order valence-corrected chi connectivity index (χ4v) is 1.48. The van der Waals surface area contributed by atoms with Gasteiger partial charge in [-0.15, -0.1) is 0 Å². The van der Waals surface area contributed by atoms with Crippen LogP contribution in [0.2, 0.25) is 0 Å². The summed E-state index contributed by atoms with van der Waals surface area (Å²) in [6, 6.07) is 5.02. The monoisotopic (exact) mass is 205 g/mol. The lowest BCUT2D eigenvalue weighted by Gasteiger charge is -2.02. The molecule has 0 saturated carbocycles. The first kappa shape index (κ1) is 9.86. The molecule has 0 saturated heterocycles.